The van der Waals surface area contributed by atoms with E-state index in [1.165, 1.54) is 12.7 Å². The van der Waals surface area contributed by atoms with Gasteiger partial charge in [0.15, 0.2) is 5.82 Å². The molecule has 0 aromatic carbocycles. The summed E-state index contributed by atoms with van der Waals surface area (Å²) in [4.78, 5) is 14.2. The first-order chi connectivity index (χ1) is 11.7. The molecule has 1 aromatic rings. The second-order valence-corrected chi connectivity index (χ2v) is 10.8. The van der Waals surface area contributed by atoms with Gasteiger partial charge in [-0.25, -0.2) is 8.42 Å². The van der Waals surface area contributed by atoms with Gasteiger partial charge in [-0.1, -0.05) is 0 Å². The minimum atomic E-state index is -3.13. The molecular formula is C16H25N5O3S. The summed E-state index contributed by atoms with van der Waals surface area (Å²) in [6, 6.07) is 0. The molecule has 0 saturated heterocycles. The molecule has 9 heteroatoms. The lowest BCUT2D eigenvalue weighted by Crippen LogP contribution is -2.66. The molecule has 2 unspecified atom stereocenters. The van der Waals surface area contributed by atoms with Gasteiger partial charge in [0, 0.05) is 18.2 Å². The third-order valence-corrected chi connectivity index (χ3v) is 7.02. The van der Waals surface area contributed by atoms with Crippen LogP contribution in [0, 0.1) is 18.8 Å². The topological polar surface area (TPSA) is 107 Å². The van der Waals surface area contributed by atoms with Crippen LogP contribution in [0.25, 0.3) is 0 Å². The Morgan fingerprint density at radius 1 is 1.28 bits per heavy atom. The van der Waals surface area contributed by atoms with Gasteiger partial charge < -0.3 is 5.32 Å². The summed E-state index contributed by atoms with van der Waals surface area (Å²) in [6.45, 7) is 1.84. The fourth-order valence-electron chi connectivity index (χ4n) is 5.72. The van der Waals surface area contributed by atoms with Crippen LogP contribution in [0.3, 0.4) is 0 Å². The maximum Gasteiger partial charge on any atom is 0.221 e. The second kappa shape index (κ2) is 5.49. The van der Waals surface area contributed by atoms with Crippen LogP contribution >= 0.6 is 0 Å². The molecule has 8 nitrogen and oxygen atoms in total. The van der Waals surface area contributed by atoms with Crippen molar-refractivity contribution in [3.8, 4) is 0 Å². The number of rotatable bonds is 5. The molecule has 4 aliphatic rings. The molecule has 1 N–H and O–H groups in total. The predicted octanol–water partition coefficient (Wildman–Crippen LogP) is 0.580. The molecule has 1 amide bonds. The zero-order chi connectivity index (χ0) is 17.9. The molecule has 4 saturated carbocycles. The maximum atomic E-state index is 12.4. The van der Waals surface area contributed by atoms with Gasteiger partial charge >= 0.3 is 0 Å². The molecule has 138 valence electrons. The lowest BCUT2D eigenvalue weighted by molar-refractivity contribution is -0.131. The third kappa shape index (κ3) is 3.18. The Bertz CT molecular complexity index is 788. The van der Waals surface area contributed by atoms with Crippen LogP contribution in [-0.2, 0) is 20.2 Å². The number of aromatic nitrogens is 4. The van der Waals surface area contributed by atoms with Gasteiger partial charge in [-0.2, -0.15) is 4.80 Å². The lowest BCUT2D eigenvalue weighted by Gasteiger charge is -2.61. The molecular weight excluding hydrogens is 342 g/mol. The monoisotopic (exact) mass is 367 g/mol. The standard InChI is InChI=1S/C16H25N5O3S/c1-11-18-20-21(19-11)16-8-12-5-13(9-16)7-15(6-12,10-16)17-14(22)3-4-25(2,23)24/h12-13H,3-10H2,1-2H3,(H,17,22). The van der Waals surface area contributed by atoms with E-state index in [1.54, 1.807) is 4.80 Å². The van der Waals surface area contributed by atoms with Gasteiger partial charge in [0.05, 0.1) is 11.3 Å². The minimum absolute atomic E-state index is 0.0313. The highest BCUT2D eigenvalue weighted by Gasteiger charge is 2.60. The van der Waals surface area contributed by atoms with Crippen molar-refractivity contribution in [1.82, 2.24) is 25.5 Å². The molecule has 5 rings (SSSR count). The van der Waals surface area contributed by atoms with Crippen molar-refractivity contribution in [3.63, 3.8) is 0 Å². The largest absolute Gasteiger partial charge is 0.351 e. The Balaban J connectivity index is 1.55. The molecule has 0 aliphatic heterocycles. The van der Waals surface area contributed by atoms with Gasteiger partial charge in [-0.3, -0.25) is 4.79 Å². The Morgan fingerprint density at radius 3 is 2.52 bits per heavy atom. The number of sulfone groups is 1. The summed E-state index contributed by atoms with van der Waals surface area (Å²) in [5, 5.41) is 16.0. The quantitative estimate of drug-likeness (QED) is 0.816. The van der Waals surface area contributed by atoms with Crippen molar-refractivity contribution in [3.05, 3.63) is 5.82 Å². The van der Waals surface area contributed by atoms with E-state index in [0.717, 1.165) is 32.1 Å². The van der Waals surface area contributed by atoms with Gasteiger partial charge in [0.2, 0.25) is 5.91 Å². The van der Waals surface area contributed by atoms with Crippen LogP contribution in [0.1, 0.15) is 50.8 Å². The zero-order valence-corrected chi connectivity index (χ0v) is 15.5. The smallest absolute Gasteiger partial charge is 0.221 e. The van der Waals surface area contributed by atoms with Crippen LogP contribution in [0.15, 0.2) is 0 Å². The zero-order valence-electron chi connectivity index (χ0n) is 14.7. The number of tetrazole rings is 1. The molecule has 4 aliphatic carbocycles. The summed E-state index contributed by atoms with van der Waals surface area (Å²) in [6.07, 6.45) is 7.25. The molecule has 1 heterocycles. The van der Waals surface area contributed by atoms with E-state index in [-0.39, 0.29) is 29.2 Å². The fourth-order valence-corrected chi connectivity index (χ4v) is 6.27. The van der Waals surface area contributed by atoms with E-state index in [9.17, 15) is 13.2 Å². The molecule has 1 aromatic heterocycles. The predicted molar refractivity (Wildman–Crippen MR) is 90.4 cm³/mol. The normalized spacial score (nSPS) is 36.6. The highest BCUT2D eigenvalue weighted by molar-refractivity contribution is 7.90. The highest BCUT2D eigenvalue weighted by atomic mass is 32.2. The highest BCUT2D eigenvalue weighted by Crippen LogP contribution is 2.60. The summed E-state index contributed by atoms with van der Waals surface area (Å²) in [5.74, 6) is 1.52. The molecule has 4 bridgehead atoms. The first-order valence-corrected chi connectivity index (χ1v) is 11.0. The van der Waals surface area contributed by atoms with Gasteiger partial charge in [-0.05, 0) is 62.5 Å². The average Bonchev–Trinajstić information content (AvgIpc) is 2.90. The van der Waals surface area contributed by atoms with Crippen molar-refractivity contribution >= 4 is 15.7 Å². The van der Waals surface area contributed by atoms with Crippen molar-refractivity contribution in [1.29, 1.82) is 0 Å². The summed E-state index contributed by atoms with van der Waals surface area (Å²) in [7, 11) is -3.13. The summed E-state index contributed by atoms with van der Waals surface area (Å²) < 4.78 is 22.7. The molecule has 25 heavy (non-hydrogen) atoms. The van der Waals surface area contributed by atoms with Gasteiger partial charge in [-0.15, -0.1) is 10.2 Å². The number of hydrogen-bond acceptors (Lipinski definition) is 6. The molecule has 4 fully saturated rings. The summed E-state index contributed by atoms with van der Waals surface area (Å²) >= 11 is 0. The Kier molecular flexibility index (Phi) is 3.72. The van der Waals surface area contributed by atoms with Crippen LogP contribution in [-0.4, -0.2) is 52.1 Å². The number of carbonyl (C=O) groups excluding carboxylic acids is 1. The minimum Gasteiger partial charge on any atom is -0.351 e. The van der Waals surface area contributed by atoms with Gasteiger partial charge in [0.25, 0.3) is 0 Å². The van der Waals surface area contributed by atoms with Crippen molar-refractivity contribution < 1.29 is 13.2 Å². The number of nitrogens with one attached hydrogen (secondary N) is 1. The SMILES string of the molecule is Cc1nnn(C23CC4CC(CC(NC(=O)CCS(C)(=O)=O)(C4)C2)C3)n1. The van der Waals surface area contributed by atoms with Crippen molar-refractivity contribution in [2.75, 3.05) is 12.0 Å². The maximum absolute atomic E-state index is 12.4. The van der Waals surface area contributed by atoms with Crippen LogP contribution in [0.2, 0.25) is 0 Å². The number of nitrogens with zero attached hydrogens (tertiary/aromatic N) is 4. The molecule has 0 radical (unpaired) electrons. The Labute approximate surface area is 147 Å². The van der Waals surface area contributed by atoms with E-state index >= 15 is 0 Å². The third-order valence-electron chi connectivity index (χ3n) is 6.07. The molecule has 0 spiro atoms. The van der Waals surface area contributed by atoms with Crippen LogP contribution in [0.4, 0.5) is 0 Å². The van der Waals surface area contributed by atoms with Crippen LogP contribution in [0.5, 0.6) is 0 Å². The Morgan fingerprint density at radius 2 is 1.96 bits per heavy atom. The summed E-state index contributed by atoms with van der Waals surface area (Å²) in [5.41, 5.74) is -0.407. The second-order valence-electron chi connectivity index (χ2n) is 8.52. The lowest BCUT2D eigenvalue weighted by atomic mass is 9.50. The van der Waals surface area contributed by atoms with E-state index in [4.69, 9.17) is 0 Å². The van der Waals surface area contributed by atoms with E-state index in [2.05, 4.69) is 20.7 Å². The average molecular weight is 367 g/mol. The van der Waals surface area contributed by atoms with E-state index in [1.807, 2.05) is 6.92 Å². The number of amides is 1. The van der Waals surface area contributed by atoms with E-state index < -0.39 is 9.84 Å². The molecule has 2 atom stereocenters. The first-order valence-electron chi connectivity index (χ1n) is 8.93. The van der Waals surface area contributed by atoms with Crippen LogP contribution < -0.4 is 5.32 Å². The van der Waals surface area contributed by atoms with Crippen molar-refractivity contribution in [2.24, 2.45) is 11.8 Å². The number of carbonyl (C=O) groups is 1. The van der Waals surface area contributed by atoms with Gasteiger partial charge in [0.1, 0.15) is 9.84 Å². The number of aryl methyl sites for hydroxylation is 1. The first kappa shape index (κ1) is 16.9. The fraction of sp³-hybridized carbons (Fsp3) is 0.875. The van der Waals surface area contributed by atoms with E-state index in [0.29, 0.717) is 17.7 Å². The van der Waals surface area contributed by atoms with Crippen molar-refractivity contribution in [2.45, 2.75) is 62.9 Å². The number of hydrogen-bond donors (Lipinski definition) is 1. The Hall–Kier alpha value is -1.51.